The van der Waals surface area contributed by atoms with Crippen LogP contribution in [0.4, 0.5) is 0 Å². The highest BCUT2D eigenvalue weighted by Gasteiger charge is 2.15. The number of hydrogen-bond acceptors (Lipinski definition) is 6. The van der Waals surface area contributed by atoms with Crippen molar-refractivity contribution < 1.29 is 4.74 Å². The van der Waals surface area contributed by atoms with Crippen LogP contribution in [0.1, 0.15) is 24.1 Å². The molecule has 0 aliphatic heterocycles. The van der Waals surface area contributed by atoms with Crippen LogP contribution in [0.15, 0.2) is 42.2 Å². The normalized spacial score (nSPS) is 12.5. The van der Waals surface area contributed by atoms with E-state index < -0.39 is 0 Å². The highest BCUT2D eigenvalue weighted by atomic mass is 32.1. The van der Waals surface area contributed by atoms with Crippen molar-refractivity contribution in [1.82, 2.24) is 15.4 Å². The molecular weight excluding hydrogens is 284 g/mol. The number of nitrogens with one attached hydrogen (secondary N) is 1. The topological polar surface area (TPSA) is 73.1 Å². The molecule has 3 N–H and O–H groups in total. The molecule has 3 heterocycles. The summed E-state index contributed by atoms with van der Waals surface area (Å²) in [6, 6.07) is 5.88. The van der Waals surface area contributed by atoms with Gasteiger partial charge < -0.3 is 4.74 Å². The smallest absolute Gasteiger partial charge is 0.137 e. The van der Waals surface area contributed by atoms with E-state index >= 15 is 0 Å². The molecule has 1 atom stereocenters. The third-order valence-electron chi connectivity index (χ3n) is 3.20. The fourth-order valence-corrected chi connectivity index (χ4v) is 3.03. The first-order chi connectivity index (χ1) is 10.3. The number of hydrogen-bond donors (Lipinski definition) is 2. The van der Waals surface area contributed by atoms with E-state index in [-0.39, 0.29) is 6.04 Å². The average Bonchev–Trinajstić information content (AvgIpc) is 2.96. The van der Waals surface area contributed by atoms with E-state index in [0.29, 0.717) is 6.61 Å². The summed E-state index contributed by atoms with van der Waals surface area (Å²) in [5, 5.41) is 2.03. The Morgan fingerprint density at radius 2 is 2.14 bits per heavy atom. The molecule has 0 aromatic carbocycles. The maximum Gasteiger partial charge on any atom is 0.137 e. The zero-order valence-corrected chi connectivity index (χ0v) is 12.4. The molecule has 0 spiro atoms. The average molecular weight is 300 g/mol. The van der Waals surface area contributed by atoms with Crippen LogP contribution in [-0.2, 0) is 0 Å². The molecule has 0 aliphatic carbocycles. The van der Waals surface area contributed by atoms with Gasteiger partial charge in [0.1, 0.15) is 5.75 Å². The van der Waals surface area contributed by atoms with Crippen molar-refractivity contribution in [2.45, 2.75) is 13.0 Å². The molecule has 0 fully saturated rings. The first kappa shape index (κ1) is 13.9. The summed E-state index contributed by atoms with van der Waals surface area (Å²) in [5.41, 5.74) is 5.78. The molecule has 0 saturated carbocycles. The van der Waals surface area contributed by atoms with Crippen LogP contribution in [0.5, 0.6) is 5.75 Å². The molecule has 0 bridgehead atoms. The van der Waals surface area contributed by atoms with Gasteiger partial charge in [0, 0.05) is 12.4 Å². The molecule has 5 nitrogen and oxygen atoms in total. The number of hydrazine groups is 1. The van der Waals surface area contributed by atoms with E-state index in [9.17, 15) is 0 Å². The molecule has 108 valence electrons. The van der Waals surface area contributed by atoms with Crippen molar-refractivity contribution in [3.05, 3.63) is 53.3 Å². The predicted octanol–water partition coefficient (Wildman–Crippen LogP) is 2.64. The first-order valence-electron chi connectivity index (χ1n) is 6.69. The van der Waals surface area contributed by atoms with Crippen molar-refractivity contribution in [2.75, 3.05) is 6.61 Å². The van der Waals surface area contributed by atoms with Crippen molar-refractivity contribution >= 4 is 21.6 Å². The minimum Gasteiger partial charge on any atom is -0.492 e. The maximum absolute atomic E-state index is 5.74. The lowest BCUT2D eigenvalue weighted by Crippen LogP contribution is -2.29. The molecule has 3 rings (SSSR count). The van der Waals surface area contributed by atoms with Gasteiger partial charge in [0.15, 0.2) is 0 Å². The predicted molar refractivity (Wildman–Crippen MR) is 84.2 cm³/mol. The molecule has 6 heteroatoms. The lowest BCUT2D eigenvalue weighted by Gasteiger charge is -2.17. The number of pyridine rings is 2. The van der Waals surface area contributed by atoms with Crippen LogP contribution in [0.25, 0.3) is 10.2 Å². The van der Waals surface area contributed by atoms with Crippen molar-refractivity contribution in [1.29, 1.82) is 0 Å². The maximum atomic E-state index is 5.74. The van der Waals surface area contributed by atoms with Crippen molar-refractivity contribution in [3.8, 4) is 5.75 Å². The SMILES string of the molecule is CCOc1cncc(C(NN)c2cnc3ccsc3c2)c1. The van der Waals surface area contributed by atoms with Gasteiger partial charge in [-0.3, -0.25) is 15.8 Å². The van der Waals surface area contributed by atoms with Crippen LogP contribution in [0.3, 0.4) is 0 Å². The second kappa shape index (κ2) is 6.17. The fourth-order valence-electron chi connectivity index (χ4n) is 2.24. The van der Waals surface area contributed by atoms with E-state index in [4.69, 9.17) is 10.6 Å². The summed E-state index contributed by atoms with van der Waals surface area (Å²) in [4.78, 5) is 8.67. The van der Waals surface area contributed by atoms with Crippen LogP contribution < -0.4 is 16.0 Å². The highest BCUT2D eigenvalue weighted by Crippen LogP contribution is 2.27. The van der Waals surface area contributed by atoms with Crippen LogP contribution in [0.2, 0.25) is 0 Å². The third kappa shape index (κ3) is 2.87. The Balaban J connectivity index is 1.98. The highest BCUT2D eigenvalue weighted by molar-refractivity contribution is 7.17. The second-order valence-corrected chi connectivity index (χ2v) is 5.51. The summed E-state index contributed by atoms with van der Waals surface area (Å²) in [6.45, 7) is 2.55. The molecule has 0 radical (unpaired) electrons. The monoisotopic (exact) mass is 300 g/mol. The lowest BCUT2D eigenvalue weighted by atomic mass is 10.0. The summed E-state index contributed by atoms with van der Waals surface area (Å²) in [7, 11) is 0. The second-order valence-electron chi connectivity index (χ2n) is 4.56. The summed E-state index contributed by atoms with van der Waals surface area (Å²) < 4.78 is 6.63. The van der Waals surface area contributed by atoms with Crippen molar-refractivity contribution in [2.24, 2.45) is 5.84 Å². The van der Waals surface area contributed by atoms with E-state index in [1.807, 2.05) is 30.6 Å². The minimum absolute atomic E-state index is 0.170. The number of ether oxygens (including phenoxy) is 1. The molecule has 0 saturated heterocycles. The molecular formula is C15H16N4OS. The molecule has 21 heavy (non-hydrogen) atoms. The Hall–Kier alpha value is -2.02. The van der Waals surface area contributed by atoms with Crippen molar-refractivity contribution in [3.63, 3.8) is 0 Å². The summed E-state index contributed by atoms with van der Waals surface area (Å²) in [5.74, 6) is 6.47. The molecule has 3 aromatic rings. The van der Waals surface area contributed by atoms with Crippen LogP contribution >= 0.6 is 11.3 Å². The Labute approximate surface area is 126 Å². The molecule has 1 unspecified atom stereocenters. The van der Waals surface area contributed by atoms with Crippen LogP contribution in [-0.4, -0.2) is 16.6 Å². The molecule has 0 aliphatic rings. The zero-order valence-electron chi connectivity index (χ0n) is 11.6. The number of nitrogens with two attached hydrogens (primary N) is 1. The van der Waals surface area contributed by atoms with Gasteiger partial charge in [0.05, 0.1) is 29.1 Å². The van der Waals surface area contributed by atoms with Gasteiger partial charge in [-0.2, -0.15) is 0 Å². The Bertz CT molecular complexity index is 743. The van der Waals surface area contributed by atoms with E-state index in [1.165, 1.54) is 0 Å². The Morgan fingerprint density at radius 1 is 1.29 bits per heavy atom. The number of thiophene rings is 1. The number of aromatic nitrogens is 2. The zero-order chi connectivity index (χ0) is 14.7. The van der Waals surface area contributed by atoms with E-state index in [0.717, 1.165) is 27.1 Å². The molecule has 3 aromatic heterocycles. The fraction of sp³-hybridized carbons (Fsp3) is 0.200. The quantitative estimate of drug-likeness (QED) is 0.560. The van der Waals surface area contributed by atoms with Gasteiger partial charge in [-0.25, -0.2) is 5.43 Å². The number of rotatable bonds is 5. The number of nitrogens with zero attached hydrogens (tertiary/aromatic N) is 2. The van der Waals surface area contributed by atoms with Gasteiger partial charge in [-0.05, 0) is 41.6 Å². The van der Waals surface area contributed by atoms with Crippen LogP contribution in [0, 0.1) is 0 Å². The largest absolute Gasteiger partial charge is 0.492 e. The minimum atomic E-state index is -0.170. The van der Waals surface area contributed by atoms with Gasteiger partial charge in [0.2, 0.25) is 0 Å². The number of fused-ring (bicyclic) bond motifs is 1. The Morgan fingerprint density at radius 3 is 2.95 bits per heavy atom. The van der Waals surface area contributed by atoms with Gasteiger partial charge in [-0.15, -0.1) is 11.3 Å². The Kier molecular flexibility index (Phi) is 4.10. The lowest BCUT2D eigenvalue weighted by molar-refractivity contribution is 0.338. The van der Waals surface area contributed by atoms with E-state index in [2.05, 4.69) is 21.5 Å². The standard InChI is InChI=1S/C15H16N4OS/c1-2-20-12-5-10(7-17-9-12)15(19-16)11-6-14-13(18-8-11)3-4-21-14/h3-9,15,19H,2,16H2,1H3. The summed E-state index contributed by atoms with van der Waals surface area (Å²) in [6.07, 6.45) is 5.32. The van der Waals surface area contributed by atoms with E-state index in [1.54, 1.807) is 23.7 Å². The van der Waals surface area contributed by atoms with Gasteiger partial charge in [0.25, 0.3) is 0 Å². The third-order valence-corrected chi connectivity index (χ3v) is 4.06. The van der Waals surface area contributed by atoms with Gasteiger partial charge >= 0.3 is 0 Å². The molecule has 0 amide bonds. The summed E-state index contributed by atoms with van der Waals surface area (Å²) >= 11 is 1.66. The van der Waals surface area contributed by atoms with Gasteiger partial charge in [-0.1, -0.05) is 0 Å². The first-order valence-corrected chi connectivity index (χ1v) is 7.57.